The maximum absolute atomic E-state index is 11.7. The van der Waals surface area contributed by atoms with Crippen molar-refractivity contribution in [2.75, 3.05) is 13.6 Å². The van der Waals surface area contributed by atoms with E-state index in [-0.39, 0.29) is 23.5 Å². The van der Waals surface area contributed by atoms with Crippen molar-refractivity contribution in [2.45, 2.75) is 97.9 Å². The van der Waals surface area contributed by atoms with E-state index in [1.165, 1.54) is 0 Å². The maximum Gasteiger partial charge on any atom is 0.335 e. The molecule has 1 aromatic carbocycles. The highest BCUT2D eigenvalue weighted by Gasteiger charge is 2.65. The number of likely N-dealkylation sites (N-methyl/N-ethyl adjacent to an activating group) is 1. The van der Waals surface area contributed by atoms with Crippen LogP contribution in [0.2, 0.25) is 0 Å². The number of carbonyl (C=O) groups is 2. The highest BCUT2D eigenvalue weighted by molar-refractivity contribution is 5.74. The van der Waals surface area contributed by atoms with Gasteiger partial charge in [-0.2, -0.15) is 0 Å². The van der Waals surface area contributed by atoms with Crippen molar-refractivity contribution in [3.05, 3.63) is 35.4 Å². The SMILES string of the molecule is CN1CC[C@]23c4c5ccc(OC6O[C@H](C(=O)O)[C@@H](O)[C@H](O)[C@H]6O)c4O[C@H]2[C@@H](OC2O[C@H](C(=O)O)[C@@H](O)[C@H](O)[C@H]2O)C=C[C@H]3[C@H]1C5. The van der Waals surface area contributed by atoms with Gasteiger partial charge in [-0.3, -0.25) is 0 Å². The third kappa shape index (κ3) is 4.43. The van der Waals surface area contributed by atoms with Crippen molar-refractivity contribution in [1.82, 2.24) is 4.90 Å². The zero-order valence-corrected chi connectivity index (χ0v) is 23.9. The second kappa shape index (κ2) is 10.8. The molecule has 4 heterocycles. The van der Waals surface area contributed by atoms with Crippen molar-refractivity contribution in [1.29, 1.82) is 0 Å². The van der Waals surface area contributed by atoms with Crippen LogP contribution < -0.4 is 9.47 Å². The van der Waals surface area contributed by atoms with Gasteiger partial charge in [-0.15, -0.1) is 0 Å². The Bertz CT molecular complexity index is 1410. The molecule has 4 aliphatic heterocycles. The molecule has 8 N–H and O–H groups in total. The average Bonchev–Trinajstić information content (AvgIpc) is 3.36. The Kier molecular flexibility index (Phi) is 7.40. The van der Waals surface area contributed by atoms with Gasteiger partial charge in [0.1, 0.15) is 48.8 Å². The zero-order chi connectivity index (χ0) is 32.1. The van der Waals surface area contributed by atoms with Crippen molar-refractivity contribution in [3.8, 4) is 11.5 Å². The molecule has 6 aliphatic rings. The molecule has 0 aromatic heterocycles. The molecule has 2 unspecified atom stereocenters. The first-order valence-electron chi connectivity index (χ1n) is 14.7. The minimum Gasteiger partial charge on any atom is -0.482 e. The molecule has 3 saturated heterocycles. The largest absolute Gasteiger partial charge is 0.482 e. The van der Waals surface area contributed by atoms with Gasteiger partial charge < -0.3 is 69.4 Å². The number of aliphatic carboxylic acids is 2. The lowest BCUT2D eigenvalue weighted by Crippen LogP contribution is -2.66. The minimum absolute atomic E-state index is 0.0636. The number of hydrogen-bond donors (Lipinski definition) is 8. The van der Waals surface area contributed by atoms with E-state index < -0.39 is 91.0 Å². The van der Waals surface area contributed by atoms with Crippen LogP contribution >= 0.6 is 0 Å². The monoisotopic (exact) mass is 637 g/mol. The number of aliphatic hydroxyl groups is 6. The van der Waals surface area contributed by atoms with Crippen LogP contribution in [0, 0.1) is 5.92 Å². The summed E-state index contributed by atoms with van der Waals surface area (Å²) in [6.45, 7) is 0.689. The third-order valence-electron chi connectivity index (χ3n) is 10.3. The van der Waals surface area contributed by atoms with Crippen LogP contribution in [0.25, 0.3) is 0 Å². The van der Waals surface area contributed by atoms with E-state index in [9.17, 15) is 50.4 Å². The lowest BCUT2D eigenvalue weighted by Gasteiger charge is -2.57. The molecule has 7 rings (SSSR count). The van der Waals surface area contributed by atoms with Gasteiger partial charge in [0.2, 0.25) is 6.29 Å². The number of ether oxygens (including phenoxy) is 5. The van der Waals surface area contributed by atoms with E-state index in [1.807, 2.05) is 19.2 Å². The topological polar surface area (TPSA) is 245 Å². The summed E-state index contributed by atoms with van der Waals surface area (Å²) in [5, 5.41) is 81.1. The lowest BCUT2D eigenvalue weighted by atomic mass is 9.53. The molecule has 2 aliphatic carbocycles. The molecule has 1 spiro atoms. The second-order valence-electron chi connectivity index (χ2n) is 12.6. The molecule has 0 amide bonds. The quantitative estimate of drug-likeness (QED) is 0.142. The van der Waals surface area contributed by atoms with Crippen LogP contribution in [0.3, 0.4) is 0 Å². The van der Waals surface area contributed by atoms with E-state index in [4.69, 9.17) is 23.7 Å². The Morgan fingerprint density at radius 1 is 0.867 bits per heavy atom. The average molecular weight is 638 g/mol. The van der Waals surface area contributed by atoms with Crippen molar-refractivity contribution < 1.29 is 74.1 Å². The van der Waals surface area contributed by atoms with Crippen LogP contribution in [0.1, 0.15) is 17.5 Å². The van der Waals surface area contributed by atoms with Crippen molar-refractivity contribution in [3.63, 3.8) is 0 Å². The van der Waals surface area contributed by atoms with Crippen molar-refractivity contribution >= 4 is 11.9 Å². The van der Waals surface area contributed by atoms with Gasteiger partial charge in [-0.05, 0) is 38.1 Å². The number of likely N-dealkylation sites (tertiary alicyclic amines) is 1. The molecule has 16 heteroatoms. The summed E-state index contributed by atoms with van der Waals surface area (Å²) in [5.41, 5.74) is 1.10. The molecule has 0 radical (unpaired) electrons. The maximum atomic E-state index is 11.7. The smallest absolute Gasteiger partial charge is 0.335 e. The summed E-state index contributed by atoms with van der Waals surface area (Å²) in [5.74, 6) is -2.79. The molecule has 246 valence electrons. The number of carboxylic acid groups (broad SMARTS) is 2. The van der Waals surface area contributed by atoms with Crippen LogP contribution in [-0.4, -0.2) is 151 Å². The van der Waals surface area contributed by atoms with Crippen molar-refractivity contribution in [2.24, 2.45) is 5.92 Å². The first-order valence-corrected chi connectivity index (χ1v) is 14.7. The normalized spacial score (nSPS) is 46.6. The Balaban J connectivity index is 1.24. The van der Waals surface area contributed by atoms with E-state index >= 15 is 0 Å². The fraction of sp³-hybridized carbons (Fsp3) is 0.655. The first kappa shape index (κ1) is 30.7. The highest BCUT2D eigenvalue weighted by atomic mass is 16.7. The Labute approximate surface area is 255 Å². The first-order chi connectivity index (χ1) is 21.3. The Morgan fingerprint density at radius 2 is 1.49 bits per heavy atom. The van der Waals surface area contributed by atoms with Gasteiger partial charge in [0.25, 0.3) is 0 Å². The summed E-state index contributed by atoms with van der Waals surface area (Å²) < 4.78 is 29.4. The number of hydrogen-bond acceptors (Lipinski definition) is 14. The predicted molar refractivity (Wildman–Crippen MR) is 144 cm³/mol. The highest BCUT2D eigenvalue weighted by Crippen LogP contribution is 2.63. The molecular formula is C29H35NO15. The summed E-state index contributed by atoms with van der Waals surface area (Å²) in [4.78, 5) is 25.6. The molecule has 2 bridgehead atoms. The number of piperidine rings is 1. The fourth-order valence-electron chi connectivity index (χ4n) is 8.01. The number of nitrogens with zero attached hydrogens (tertiary/aromatic N) is 1. The molecule has 45 heavy (non-hydrogen) atoms. The predicted octanol–water partition coefficient (Wildman–Crippen LogP) is -3.32. The molecular weight excluding hydrogens is 602 g/mol. The van der Waals surface area contributed by atoms with E-state index in [0.717, 1.165) is 11.1 Å². The van der Waals surface area contributed by atoms with Crippen LogP contribution in [-0.2, 0) is 35.6 Å². The number of benzene rings is 1. The Morgan fingerprint density at radius 3 is 2.13 bits per heavy atom. The van der Waals surface area contributed by atoms with Crippen LogP contribution in [0.15, 0.2) is 24.3 Å². The summed E-state index contributed by atoms with van der Waals surface area (Å²) >= 11 is 0. The minimum atomic E-state index is -1.90. The standard InChI is InChI=1S/C29H35NO15/c1-30-7-6-29-10-3-5-13(42-28-20(36)16(32)18(34)23(45-28)26(39)40)24(29)43-21-12(4-2-9(14(21)29)8-11(10)30)41-27-19(35)15(31)17(33)22(44-27)25(37)38/h2-5,10-11,13,15-20,22-24,27-28,31-36H,6-8H2,1H3,(H,37,38)(H,39,40)/t10-,11+,13-,15-,16-,17-,18-,19+,20+,22-,23-,24-,27?,28?,29-/m0/s1. The second-order valence-corrected chi connectivity index (χ2v) is 12.6. The number of aliphatic hydroxyl groups excluding tert-OH is 6. The van der Waals surface area contributed by atoms with E-state index in [2.05, 4.69) is 4.90 Å². The van der Waals surface area contributed by atoms with Gasteiger partial charge in [-0.25, -0.2) is 9.59 Å². The molecule has 16 nitrogen and oxygen atoms in total. The Hall–Kier alpha value is -2.90. The van der Waals surface area contributed by atoms with Gasteiger partial charge >= 0.3 is 11.9 Å². The fourth-order valence-corrected chi connectivity index (χ4v) is 8.01. The van der Waals surface area contributed by atoms with Crippen LogP contribution in [0.4, 0.5) is 0 Å². The van der Waals surface area contributed by atoms with Gasteiger partial charge in [0.05, 0.1) is 0 Å². The number of rotatable bonds is 6. The molecule has 3 fully saturated rings. The van der Waals surface area contributed by atoms with Crippen LogP contribution in [0.5, 0.6) is 11.5 Å². The zero-order valence-electron chi connectivity index (χ0n) is 23.9. The lowest BCUT2D eigenvalue weighted by molar-refractivity contribution is -0.307. The molecule has 0 saturated carbocycles. The summed E-state index contributed by atoms with van der Waals surface area (Å²) in [6.07, 6.45) is -14.8. The molecule has 15 atom stereocenters. The third-order valence-corrected chi connectivity index (χ3v) is 10.3. The summed E-state index contributed by atoms with van der Waals surface area (Å²) in [7, 11) is 2.04. The summed E-state index contributed by atoms with van der Waals surface area (Å²) in [6, 6.07) is 3.53. The van der Waals surface area contributed by atoms with Gasteiger partial charge in [-0.1, -0.05) is 18.2 Å². The van der Waals surface area contributed by atoms with Gasteiger partial charge in [0, 0.05) is 22.9 Å². The van der Waals surface area contributed by atoms with E-state index in [0.29, 0.717) is 19.4 Å². The van der Waals surface area contributed by atoms with E-state index in [1.54, 1.807) is 12.1 Å². The van der Waals surface area contributed by atoms with Gasteiger partial charge in [0.15, 0.2) is 30.0 Å². The molecule has 1 aromatic rings. The number of carboxylic acids is 2.